The second-order valence-corrected chi connectivity index (χ2v) is 7.46. The van der Waals surface area contributed by atoms with E-state index in [0.29, 0.717) is 6.54 Å². The molecule has 1 aromatic heterocycles. The van der Waals surface area contributed by atoms with Crippen molar-refractivity contribution in [2.24, 2.45) is 0 Å². The maximum absolute atomic E-state index is 12.6. The number of nitrogens with zero attached hydrogens (tertiary/aromatic N) is 1. The van der Waals surface area contributed by atoms with Crippen molar-refractivity contribution in [3.05, 3.63) is 51.2 Å². The summed E-state index contributed by atoms with van der Waals surface area (Å²) < 4.78 is 0. The summed E-state index contributed by atoms with van der Waals surface area (Å²) in [6.07, 6.45) is 1.09. The molecule has 0 aliphatic carbocycles. The summed E-state index contributed by atoms with van der Waals surface area (Å²) in [5.74, 6) is 2.29. The zero-order valence-corrected chi connectivity index (χ0v) is 13.6. The highest BCUT2D eigenvalue weighted by Crippen LogP contribution is 2.32. The third-order valence-electron chi connectivity index (χ3n) is 3.65. The van der Waals surface area contributed by atoms with Crippen LogP contribution in [0.5, 0.6) is 0 Å². The van der Waals surface area contributed by atoms with Gasteiger partial charge >= 0.3 is 0 Å². The van der Waals surface area contributed by atoms with Gasteiger partial charge in [-0.15, -0.1) is 11.3 Å². The number of hydrogen-bond acceptors (Lipinski definition) is 4. The Hall–Kier alpha value is -1.46. The summed E-state index contributed by atoms with van der Waals surface area (Å²) in [4.78, 5) is 16.5. The van der Waals surface area contributed by atoms with Gasteiger partial charge in [0.15, 0.2) is 0 Å². The van der Waals surface area contributed by atoms with Crippen molar-refractivity contribution in [1.29, 1.82) is 0 Å². The Morgan fingerprint density at radius 2 is 2.19 bits per heavy atom. The van der Waals surface area contributed by atoms with Crippen LogP contribution in [0.2, 0.25) is 0 Å². The second kappa shape index (κ2) is 6.12. The molecule has 0 atom stereocenters. The summed E-state index contributed by atoms with van der Waals surface area (Å²) in [6.45, 7) is 0.544. The van der Waals surface area contributed by atoms with Gasteiger partial charge in [-0.3, -0.25) is 4.79 Å². The van der Waals surface area contributed by atoms with Gasteiger partial charge in [-0.1, -0.05) is 18.2 Å². The molecule has 0 unspecified atom stereocenters. The van der Waals surface area contributed by atoms with Crippen molar-refractivity contribution in [3.63, 3.8) is 0 Å². The van der Waals surface area contributed by atoms with Gasteiger partial charge in [0, 0.05) is 29.9 Å². The number of hydrogen-bond donors (Lipinski definition) is 1. The van der Waals surface area contributed by atoms with Gasteiger partial charge in [0.05, 0.1) is 4.88 Å². The molecule has 3 nitrogen and oxygen atoms in total. The van der Waals surface area contributed by atoms with E-state index < -0.39 is 0 Å². The van der Waals surface area contributed by atoms with Gasteiger partial charge in [-0.05, 0) is 35.4 Å². The van der Waals surface area contributed by atoms with Crippen LogP contribution < -0.4 is 5.73 Å². The summed E-state index contributed by atoms with van der Waals surface area (Å²) in [5, 5.41) is 0. The van der Waals surface area contributed by atoms with Gasteiger partial charge < -0.3 is 10.6 Å². The highest BCUT2D eigenvalue weighted by Gasteiger charge is 2.20. The van der Waals surface area contributed by atoms with Gasteiger partial charge in [-0.2, -0.15) is 11.8 Å². The molecule has 21 heavy (non-hydrogen) atoms. The number of para-hydroxylation sites is 1. The van der Waals surface area contributed by atoms with Crippen LogP contribution in [0.4, 0.5) is 5.69 Å². The van der Waals surface area contributed by atoms with E-state index in [1.807, 2.05) is 43.1 Å². The Kier molecular flexibility index (Phi) is 4.22. The Labute approximate surface area is 133 Å². The maximum atomic E-state index is 12.6. The zero-order valence-electron chi connectivity index (χ0n) is 12.0. The molecule has 2 aromatic rings. The first-order chi connectivity index (χ1) is 10.1. The molecule has 0 saturated carbocycles. The summed E-state index contributed by atoms with van der Waals surface area (Å²) in [6, 6.07) is 9.76. The number of carbonyl (C=O) groups is 1. The monoisotopic (exact) mass is 318 g/mol. The van der Waals surface area contributed by atoms with Crippen LogP contribution in [0, 0.1) is 0 Å². The van der Waals surface area contributed by atoms with Crippen LogP contribution in [0.3, 0.4) is 0 Å². The molecule has 1 amide bonds. The van der Waals surface area contributed by atoms with E-state index in [0.717, 1.165) is 34.1 Å². The average Bonchev–Trinajstić information content (AvgIpc) is 2.92. The van der Waals surface area contributed by atoms with Gasteiger partial charge in [0.1, 0.15) is 0 Å². The van der Waals surface area contributed by atoms with Crippen LogP contribution in [0.25, 0.3) is 0 Å². The van der Waals surface area contributed by atoms with E-state index in [2.05, 4.69) is 6.07 Å². The number of fused-ring (bicyclic) bond motifs is 1. The van der Waals surface area contributed by atoms with Crippen LogP contribution in [-0.4, -0.2) is 23.6 Å². The lowest BCUT2D eigenvalue weighted by Crippen LogP contribution is -2.25. The lowest BCUT2D eigenvalue weighted by Gasteiger charge is -2.17. The molecular formula is C16H18N2OS2. The van der Waals surface area contributed by atoms with Crippen molar-refractivity contribution >= 4 is 34.7 Å². The smallest absolute Gasteiger partial charge is 0.263 e. The fourth-order valence-electron chi connectivity index (χ4n) is 2.45. The molecule has 0 saturated heterocycles. The van der Waals surface area contributed by atoms with E-state index in [4.69, 9.17) is 5.73 Å². The number of anilines is 1. The third kappa shape index (κ3) is 3.09. The first kappa shape index (κ1) is 14.5. The number of thioether (sulfide) groups is 1. The van der Waals surface area contributed by atoms with Crippen LogP contribution in [0.15, 0.2) is 30.3 Å². The predicted octanol–water partition coefficient (Wildman–Crippen LogP) is 3.39. The molecule has 2 N–H and O–H groups in total. The molecule has 3 rings (SSSR count). The topological polar surface area (TPSA) is 46.3 Å². The summed E-state index contributed by atoms with van der Waals surface area (Å²) >= 11 is 3.59. The van der Waals surface area contributed by atoms with E-state index in [-0.39, 0.29) is 5.91 Å². The Balaban J connectivity index is 1.75. The van der Waals surface area contributed by atoms with Crippen LogP contribution >= 0.6 is 23.1 Å². The Morgan fingerprint density at radius 1 is 1.38 bits per heavy atom. The number of rotatable bonds is 3. The zero-order chi connectivity index (χ0) is 14.8. The minimum absolute atomic E-state index is 0.0858. The second-order valence-electron chi connectivity index (χ2n) is 5.22. The van der Waals surface area contributed by atoms with Crippen molar-refractivity contribution in [1.82, 2.24) is 4.90 Å². The summed E-state index contributed by atoms with van der Waals surface area (Å²) in [5.41, 5.74) is 9.02. The molecule has 5 heteroatoms. The fraction of sp³-hybridized carbons (Fsp3) is 0.312. The van der Waals surface area contributed by atoms with E-state index in [1.54, 1.807) is 16.2 Å². The van der Waals surface area contributed by atoms with Crippen molar-refractivity contribution in [2.45, 2.75) is 18.7 Å². The summed E-state index contributed by atoms with van der Waals surface area (Å²) in [7, 11) is 1.84. The van der Waals surface area contributed by atoms with Crippen molar-refractivity contribution in [3.8, 4) is 0 Å². The Morgan fingerprint density at radius 3 is 2.95 bits per heavy atom. The minimum Gasteiger partial charge on any atom is -0.398 e. The van der Waals surface area contributed by atoms with Crippen molar-refractivity contribution < 1.29 is 4.79 Å². The number of carbonyl (C=O) groups excluding carboxylic acids is 1. The standard InChI is InChI=1S/C16H18N2OS2/c1-18(9-11-4-2-3-5-13(11)17)16(19)15-8-12-10-20-7-6-14(12)21-15/h2-5,8H,6-7,9-10,17H2,1H3. The number of nitrogen functional groups attached to an aromatic ring is 1. The predicted molar refractivity (Wildman–Crippen MR) is 90.8 cm³/mol. The molecule has 1 aliphatic rings. The fourth-order valence-corrected chi connectivity index (χ4v) is 4.81. The van der Waals surface area contributed by atoms with E-state index >= 15 is 0 Å². The number of aryl methyl sites for hydroxylation is 1. The largest absolute Gasteiger partial charge is 0.398 e. The van der Waals surface area contributed by atoms with E-state index in [1.165, 1.54) is 10.4 Å². The SMILES string of the molecule is CN(Cc1ccccc1N)C(=O)c1cc2c(s1)CCSC2. The number of thiophene rings is 1. The molecule has 0 bridgehead atoms. The third-order valence-corrected chi connectivity index (χ3v) is 5.88. The highest BCUT2D eigenvalue weighted by molar-refractivity contribution is 7.98. The first-order valence-corrected chi connectivity index (χ1v) is 8.90. The lowest BCUT2D eigenvalue weighted by molar-refractivity contribution is 0.0790. The molecule has 1 aromatic carbocycles. The highest BCUT2D eigenvalue weighted by atomic mass is 32.2. The van der Waals surface area contributed by atoms with Crippen LogP contribution in [-0.2, 0) is 18.7 Å². The quantitative estimate of drug-likeness (QED) is 0.882. The molecule has 0 fully saturated rings. The molecule has 1 aliphatic heterocycles. The first-order valence-electron chi connectivity index (χ1n) is 6.93. The van der Waals surface area contributed by atoms with Gasteiger partial charge in [0.25, 0.3) is 5.91 Å². The molecule has 110 valence electrons. The van der Waals surface area contributed by atoms with Crippen molar-refractivity contribution in [2.75, 3.05) is 18.5 Å². The molecule has 0 radical (unpaired) electrons. The molecular weight excluding hydrogens is 300 g/mol. The number of nitrogens with two attached hydrogens (primary N) is 1. The van der Waals surface area contributed by atoms with Gasteiger partial charge in [-0.25, -0.2) is 0 Å². The molecule has 0 spiro atoms. The maximum Gasteiger partial charge on any atom is 0.263 e. The minimum atomic E-state index is 0.0858. The van der Waals surface area contributed by atoms with Crippen LogP contribution in [0.1, 0.15) is 25.7 Å². The lowest BCUT2D eigenvalue weighted by atomic mass is 10.1. The van der Waals surface area contributed by atoms with Gasteiger partial charge in [0.2, 0.25) is 0 Å². The van der Waals surface area contributed by atoms with E-state index in [9.17, 15) is 4.79 Å². The number of amides is 1. The molecule has 2 heterocycles. The number of benzene rings is 1. The average molecular weight is 318 g/mol. The normalized spacial score (nSPS) is 13.8. The Bertz CT molecular complexity index is 643.